The highest BCUT2D eigenvalue weighted by Gasteiger charge is 2.25. The number of amides is 1. The first-order valence-electron chi connectivity index (χ1n) is 7.51. The Morgan fingerprint density at radius 3 is 2.95 bits per heavy atom. The van der Waals surface area contributed by atoms with Crippen molar-refractivity contribution in [3.63, 3.8) is 0 Å². The van der Waals surface area contributed by atoms with E-state index in [0.29, 0.717) is 19.1 Å². The number of ether oxygens (including phenoxy) is 1. The summed E-state index contributed by atoms with van der Waals surface area (Å²) in [5.41, 5.74) is 5.63. The van der Waals surface area contributed by atoms with Crippen LogP contribution in [0.3, 0.4) is 0 Å². The largest absolute Gasteiger partial charge is 0.375 e. The molecule has 2 unspecified atom stereocenters. The molecule has 19 heavy (non-hydrogen) atoms. The summed E-state index contributed by atoms with van der Waals surface area (Å²) in [4.78, 5) is 16.5. The van der Waals surface area contributed by atoms with E-state index >= 15 is 0 Å². The minimum absolute atomic E-state index is 0.170. The van der Waals surface area contributed by atoms with Crippen LogP contribution in [-0.4, -0.2) is 67.7 Å². The van der Waals surface area contributed by atoms with E-state index in [1.165, 1.54) is 12.8 Å². The molecule has 5 nitrogen and oxygen atoms in total. The predicted octanol–water partition coefficient (Wildman–Crippen LogP) is 0.295. The molecule has 0 aliphatic carbocycles. The third-order valence-corrected chi connectivity index (χ3v) is 4.13. The van der Waals surface area contributed by atoms with E-state index in [1.54, 1.807) is 0 Å². The van der Waals surface area contributed by atoms with Gasteiger partial charge in [0, 0.05) is 19.6 Å². The zero-order valence-electron chi connectivity index (χ0n) is 12.0. The van der Waals surface area contributed by atoms with Crippen molar-refractivity contribution < 1.29 is 9.53 Å². The van der Waals surface area contributed by atoms with Crippen molar-refractivity contribution in [2.75, 3.05) is 45.9 Å². The Hall–Kier alpha value is -0.650. The molecule has 0 aromatic rings. The molecular weight excluding hydrogens is 242 g/mol. The lowest BCUT2D eigenvalue weighted by Gasteiger charge is -2.36. The third kappa shape index (κ3) is 4.44. The van der Waals surface area contributed by atoms with Crippen LogP contribution in [0.5, 0.6) is 0 Å². The number of morpholine rings is 1. The van der Waals surface area contributed by atoms with Crippen LogP contribution in [-0.2, 0) is 9.53 Å². The van der Waals surface area contributed by atoms with E-state index < -0.39 is 0 Å². The average Bonchev–Trinajstić information content (AvgIpc) is 2.39. The molecule has 2 aliphatic heterocycles. The highest BCUT2D eigenvalue weighted by Crippen LogP contribution is 2.19. The van der Waals surface area contributed by atoms with Gasteiger partial charge in [-0.3, -0.25) is 9.69 Å². The summed E-state index contributed by atoms with van der Waals surface area (Å²) in [5.74, 6) is 0.929. The number of likely N-dealkylation sites (tertiary alicyclic amines) is 1. The van der Waals surface area contributed by atoms with Gasteiger partial charge in [0.1, 0.15) is 0 Å². The Bertz CT molecular complexity index is 296. The van der Waals surface area contributed by atoms with Crippen molar-refractivity contribution in [2.45, 2.75) is 32.3 Å². The number of hydrogen-bond acceptors (Lipinski definition) is 4. The highest BCUT2D eigenvalue weighted by molar-refractivity contribution is 5.78. The van der Waals surface area contributed by atoms with Gasteiger partial charge in [-0.05, 0) is 45.2 Å². The molecule has 2 fully saturated rings. The first-order chi connectivity index (χ1) is 9.19. The number of carbonyl (C=O) groups is 1. The Labute approximate surface area is 116 Å². The zero-order chi connectivity index (χ0) is 13.7. The molecule has 2 atom stereocenters. The molecule has 5 heteroatoms. The Morgan fingerprint density at radius 1 is 1.37 bits per heavy atom. The van der Waals surface area contributed by atoms with Crippen LogP contribution in [0.4, 0.5) is 0 Å². The van der Waals surface area contributed by atoms with Gasteiger partial charge >= 0.3 is 0 Å². The summed E-state index contributed by atoms with van der Waals surface area (Å²) < 4.78 is 5.48. The standard InChI is InChI=1S/C14H27N3O2/c1-12-9-17(7-8-19-12)14(18)11-16-6-2-3-13(10-16)4-5-15/h12-13H,2-11,15H2,1H3. The van der Waals surface area contributed by atoms with Crippen LogP contribution in [0.25, 0.3) is 0 Å². The van der Waals surface area contributed by atoms with E-state index in [4.69, 9.17) is 10.5 Å². The summed E-state index contributed by atoms with van der Waals surface area (Å²) in [6, 6.07) is 0. The molecule has 2 heterocycles. The van der Waals surface area contributed by atoms with Crippen LogP contribution < -0.4 is 5.73 Å². The van der Waals surface area contributed by atoms with Gasteiger partial charge in [-0.2, -0.15) is 0 Å². The second-order valence-corrected chi connectivity index (χ2v) is 5.84. The smallest absolute Gasteiger partial charge is 0.236 e. The van der Waals surface area contributed by atoms with Crippen molar-refractivity contribution in [1.82, 2.24) is 9.80 Å². The summed E-state index contributed by atoms with van der Waals surface area (Å²) in [7, 11) is 0. The van der Waals surface area contributed by atoms with Gasteiger partial charge in [0.2, 0.25) is 5.91 Å². The lowest BCUT2D eigenvalue weighted by molar-refractivity contribution is -0.139. The van der Waals surface area contributed by atoms with Crippen LogP contribution >= 0.6 is 0 Å². The molecule has 0 aromatic carbocycles. The Kier molecular flexibility index (Phi) is 5.60. The van der Waals surface area contributed by atoms with Gasteiger partial charge in [0.25, 0.3) is 0 Å². The molecule has 0 saturated carbocycles. The molecule has 0 bridgehead atoms. The van der Waals surface area contributed by atoms with E-state index in [9.17, 15) is 4.79 Å². The van der Waals surface area contributed by atoms with Crippen molar-refractivity contribution in [3.05, 3.63) is 0 Å². The predicted molar refractivity (Wildman–Crippen MR) is 74.8 cm³/mol. The molecular formula is C14H27N3O2. The first-order valence-corrected chi connectivity index (χ1v) is 7.51. The van der Waals surface area contributed by atoms with Crippen LogP contribution in [0.1, 0.15) is 26.2 Å². The van der Waals surface area contributed by atoms with Gasteiger partial charge in [-0.1, -0.05) is 0 Å². The van der Waals surface area contributed by atoms with Gasteiger partial charge < -0.3 is 15.4 Å². The Morgan fingerprint density at radius 2 is 2.21 bits per heavy atom. The number of nitrogens with zero attached hydrogens (tertiary/aromatic N) is 2. The number of nitrogens with two attached hydrogens (primary N) is 1. The Balaban J connectivity index is 1.77. The maximum absolute atomic E-state index is 12.3. The molecule has 2 rings (SSSR count). The minimum Gasteiger partial charge on any atom is -0.375 e. The minimum atomic E-state index is 0.170. The van der Waals surface area contributed by atoms with Crippen LogP contribution in [0, 0.1) is 5.92 Å². The molecule has 0 spiro atoms. The molecule has 110 valence electrons. The molecule has 2 aliphatic rings. The average molecular weight is 269 g/mol. The zero-order valence-corrected chi connectivity index (χ0v) is 12.0. The van der Waals surface area contributed by atoms with E-state index in [1.807, 2.05) is 11.8 Å². The normalized spacial score (nSPS) is 29.5. The van der Waals surface area contributed by atoms with Crippen LogP contribution in [0.2, 0.25) is 0 Å². The fourth-order valence-electron chi connectivity index (χ4n) is 3.10. The number of carbonyl (C=O) groups excluding carboxylic acids is 1. The van der Waals surface area contributed by atoms with Crippen molar-refractivity contribution in [1.29, 1.82) is 0 Å². The number of piperidine rings is 1. The highest BCUT2D eigenvalue weighted by atomic mass is 16.5. The summed E-state index contributed by atoms with van der Waals surface area (Å²) in [5, 5.41) is 0. The van der Waals surface area contributed by atoms with E-state index in [2.05, 4.69) is 4.90 Å². The van der Waals surface area contributed by atoms with E-state index in [0.717, 1.165) is 39.1 Å². The molecule has 0 aromatic heterocycles. The lowest BCUT2D eigenvalue weighted by atomic mass is 9.95. The second-order valence-electron chi connectivity index (χ2n) is 5.84. The second kappa shape index (κ2) is 7.22. The van der Waals surface area contributed by atoms with Crippen molar-refractivity contribution >= 4 is 5.91 Å². The van der Waals surface area contributed by atoms with E-state index in [-0.39, 0.29) is 12.0 Å². The molecule has 2 saturated heterocycles. The molecule has 2 N–H and O–H groups in total. The topological polar surface area (TPSA) is 58.8 Å². The van der Waals surface area contributed by atoms with Gasteiger partial charge in [-0.25, -0.2) is 0 Å². The quantitative estimate of drug-likeness (QED) is 0.797. The van der Waals surface area contributed by atoms with Crippen molar-refractivity contribution in [2.24, 2.45) is 11.7 Å². The summed E-state index contributed by atoms with van der Waals surface area (Å²) >= 11 is 0. The van der Waals surface area contributed by atoms with Gasteiger partial charge in [-0.15, -0.1) is 0 Å². The number of hydrogen-bond donors (Lipinski definition) is 1. The monoisotopic (exact) mass is 269 g/mol. The lowest BCUT2D eigenvalue weighted by Crippen LogP contribution is -2.49. The summed E-state index contributed by atoms with van der Waals surface area (Å²) in [6.45, 7) is 7.57. The summed E-state index contributed by atoms with van der Waals surface area (Å²) in [6.07, 6.45) is 3.71. The fraction of sp³-hybridized carbons (Fsp3) is 0.929. The molecule has 0 radical (unpaired) electrons. The van der Waals surface area contributed by atoms with Gasteiger partial charge in [0.15, 0.2) is 0 Å². The van der Waals surface area contributed by atoms with Crippen LogP contribution in [0.15, 0.2) is 0 Å². The maximum atomic E-state index is 12.3. The van der Waals surface area contributed by atoms with Gasteiger partial charge in [0.05, 0.1) is 19.3 Å². The molecule has 1 amide bonds. The van der Waals surface area contributed by atoms with Crippen molar-refractivity contribution in [3.8, 4) is 0 Å². The maximum Gasteiger partial charge on any atom is 0.236 e. The fourth-order valence-corrected chi connectivity index (χ4v) is 3.10. The first kappa shape index (κ1) is 14.8. The SMILES string of the molecule is CC1CN(C(=O)CN2CCCC(CCN)C2)CCO1. The third-order valence-electron chi connectivity index (χ3n) is 4.13. The number of rotatable bonds is 4.